The van der Waals surface area contributed by atoms with E-state index in [-0.39, 0.29) is 49.1 Å². The minimum atomic E-state index is -0.903. The van der Waals surface area contributed by atoms with E-state index in [9.17, 15) is 24.9 Å². The molecule has 0 spiro atoms. The Balaban J connectivity index is 1.41. The van der Waals surface area contributed by atoms with Crippen LogP contribution in [0.3, 0.4) is 0 Å². The van der Waals surface area contributed by atoms with Crippen LogP contribution in [0.1, 0.15) is 76.7 Å². The standard InChI is InChI=1S/C38H54BrN3O7/c1-20(2)11-28(18-43)40-36(46)25-12-24(13-27(39)14-25)29-10-8-9-23(35(29)48-7)17-42-34(33(22(4)45)32(19-44)49-42)37(47)41-31-16-26-15-30(21(31)3)38(26,5)6/h8-10,12-14,20-22,26,28,30-34,43-45H,11,15-19H2,1-7H3,(H,40,46)(H,41,47)/t21-,22-,26?,28-,30-,31-,32-,33+,34?/m0/s1. The van der Waals surface area contributed by atoms with E-state index in [4.69, 9.17) is 9.57 Å². The number of aliphatic hydroxyl groups is 3. The van der Waals surface area contributed by atoms with Gasteiger partial charge in [0.25, 0.3) is 5.91 Å². The number of hydrogen-bond acceptors (Lipinski definition) is 8. The lowest BCUT2D eigenvalue weighted by atomic mass is 9.45. The quantitative estimate of drug-likeness (QED) is 0.195. The number of carbonyl (C=O) groups excluding carboxylic acids is 2. The molecule has 2 amide bonds. The fourth-order valence-corrected chi connectivity index (χ4v) is 9.22. The second kappa shape index (κ2) is 15.4. The van der Waals surface area contributed by atoms with Gasteiger partial charge in [-0.2, -0.15) is 5.06 Å². The highest BCUT2D eigenvalue weighted by atomic mass is 79.9. The van der Waals surface area contributed by atoms with Crippen LogP contribution in [0.5, 0.6) is 5.75 Å². The van der Waals surface area contributed by atoms with Gasteiger partial charge >= 0.3 is 0 Å². The molecule has 5 N–H and O–H groups in total. The van der Waals surface area contributed by atoms with E-state index in [1.807, 2.05) is 38.1 Å². The monoisotopic (exact) mass is 743 g/mol. The zero-order valence-electron chi connectivity index (χ0n) is 29.8. The van der Waals surface area contributed by atoms with Crippen LogP contribution in [0.4, 0.5) is 0 Å². The Bertz CT molecular complexity index is 1500. The molecule has 1 saturated heterocycles. The minimum absolute atomic E-state index is 0.0350. The predicted octanol–water partition coefficient (Wildman–Crippen LogP) is 4.92. The number of para-hydroxylation sites is 1. The van der Waals surface area contributed by atoms with Crippen molar-refractivity contribution in [3.63, 3.8) is 0 Å². The van der Waals surface area contributed by atoms with E-state index >= 15 is 0 Å². The van der Waals surface area contributed by atoms with Crippen molar-refractivity contribution in [1.82, 2.24) is 15.7 Å². The maximum Gasteiger partial charge on any atom is 0.251 e. The normalized spacial score (nSPS) is 28.9. The number of nitrogens with one attached hydrogen (secondary N) is 2. The van der Waals surface area contributed by atoms with Gasteiger partial charge in [0.1, 0.15) is 17.9 Å². The van der Waals surface area contributed by atoms with Gasteiger partial charge in [0.05, 0.1) is 39.0 Å². The maximum absolute atomic E-state index is 14.1. The highest BCUT2D eigenvalue weighted by Crippen LogP contribution is 2.61. The van der Waals surface area contributed by atoms with Crippen LogP contribution >= 0.6 is 15.9 Å². The number of rotatable bonds is 13. The van der Waals surface area contributed by atoms with Gasteiger partial charge in [-0.1, -0.05) is 68.7 Å². The molecule has 4 fully saturated rings. The zero-order chi connectivity index (χ0) is 35.8. The molecule has 49 heavy (non-hydrogen) atoms. The summed E-state index contributed by atoms with van der Waals surface area (Å²) in [5.41, 5.74) is 2.92. The van der Waals surface area contributed by atoms with Crippen LogP contribution in [-0.4, -0.2) is 82.9 Å². The van der Waals surface area contributed by atoms with Crippen molar-refractivity contribution in [2.75, 3.05) is 20.3 Å². The van der Waals surface area contributed by atoms with Crippen molar-refractivity contribution < 1.29 is 34.5 Å². The van der Waals surface area contributed by atoms with Crippen LogP contribution in [0.25, 0.3) is 11.1 Å². The molecule has 0 aromatic heterocycles. The average Bonchev–Trinajstić information content (AvgIpc) is 3.43. The summed E-state index contributed by atoms with van der Waals surface area (Å²) in [7, 11) is 1.58. The summed E-state index contributed by atoms with van der Waals surface area (Å²) >= 11 is 3.56. The summed E-state index contributed by atoms with van der Waals surface area (Å²) in [6.07, 6.45) is 1.12. The summed E-state index contributed by atoms with van der Waals surface area (Å²) in [5, 5.41) is 38.8. The average molecular weight is 745 g/mol. The fraction of sp³-hybridized carbons (Fsp3) is 0.632. The first-order valence-corrected chi connectivity index (χ1v) is 18.4. The van der Waals surface area contributed by atoms with Gasteiger partial charge < -0.3 is 30.7 Å². The largest absolute Gasteiger partial charge is 0.496 e. The lowest BCUT2D eigenvalue weighted by Gasteiger charge is -2.62. The second-order valence-electron chi connectivity index (χ2n) is 15.4. The smallest absolute Gasteiger partial charge is 0.251 e. The van der Waals surface area contributed by atoms with Gasteiger partial charge in [-0.25, -0.2) is 0 Å². The highest BCUT2D eigenvalue weighted by molar-refractivity contribution is 9.10. The molecule has 0 radical (unpaired) electrons. The molecule has 2 bridgehead atoms. The van der Waals surface area contributed by atoms with Gasteiger partial charge in [-0.3, -0.25) is 14.4 Å². The number of amides is 2. The first kappa shape index (κ1) is 37.7. The lowest BCUT2D eigenvalue weighted by molar-refractivity contribution is -0.183. The summed E-state index contributed by atoms with van der Waals surface area (Å²) in [4.78, 5) is 33.6. The Morgan fingerprint density at radius 2 is 1.88 bits per heavy atom. The first-order valence-electron chi connectivity index (χ1n) is 17.6. The summed E-state index contributed by atoms with van der Waals surface area (Å²) < 4.78 is 6.68. The van der Waals surface area contributed by atoms with Crippen molar-refractivity contribution in [1.29, 1.82) is 0 Å². The molecule has 2 unspecified atom stereocenters. The van der Waals surface area contributed by atoms with Crippen LogP contribution in [0, 0.1) is 35.0 Å². The number of methoxy groups -OCH3 is 1. The van der Waals surface area contributed by atoms with Gasteiger partial charge in [-0.15, -0.1) is 0 Å². The molecule has 1 aliphatic heterocycles. The van der Waals surface area contributed by atoms with Crippen molar-refractivity contribution >= 4 is 27.7 Å². The second-order valence-corrected chi connectivity index (χ2v) is 16.4. The minimum Gasteiger partial charge on any atom is -0.496 e. The molecule has 10 nitrogen and oxygen atoms in total. The van der Waals surface area contributed by atoms with Crippen molar-refractivity contribution in [3.8, 4) is 16.9 Å². The number of aliphatic hydroxyl groups excluding tert-OH is 3. The number of halogens is 1. The number of ether oxygens (including phenoxy) is 1. The van der Waals surface area contributed by atoms with Gasteiger partial charge in [-0.05, 0) is 79.0 Å². The fourth-order valence-electron chi connectivity index (χ4n) is 8.72. The van der Waals surface area contributed by atoms with Crippen LogP contribution < -0.4 is 15.4 Å². The number of fused-ring (bicyclic) bond motifs is 2. The van der Waals surface area contributed by atoms with E-state index in [2.05, 4.69) is 47.3 Å². The molecule has 270 valence electrons. The Morgan fingerprint density at radius 1 is 1.14 bits per heavy atom. The van der Waals surface area contributed by atoms with Crippen LogP contribution in [0.2, 0.25) is 0 Å². The molecule has 6 rings (SSSR count). The third-order valence-corrected chi connectivity index (χ3v) is 11.9. The molecule has 3 saturated carbocycles. The lowest BCUT2D eigenvalue weighted by Crippen LogP contribution is -2.62. The number of nitrogens with zero attached hydrogens (tertiary/aromatic N) is 1. The molecule has 2 aromatic rings. The topological polar surface area (TPSA) is 141 Å². The predicted molar refractivity (Wildman–Crippen MR) is 191 cm³/mol. The van der Waals surface area contributed by atoms with Crippen LogP contribution in [-0.2, 0) is 16.2 Å². The molecular weight excluding hydrogens is 690 g/mol. The Labute approximate surface area is 299 Å². The van der Waals surface area contributed by atoms with Gasteiger partial charge in [0.15, 0.2) is 0 Å². The van der Waals surface area contributed by atoms with Crippen molar-refractivity contribution in [2.45, 2.75) is 97.7 Å². The SMILES string of the molecule is COc1c(CN2O[C@@H](CO)[C@@H]([C@H](C)O)C2C(=O)N[C@H]2CC3C[C@@H]([C@@H]2C)C3(C)C)cccc1-c1cc(Br)cc(C(=O)N[C@H](CO)CC(C)C)c1. The maximum atomic E-state index is 14.1. The Hall–Kier alpha value is -2.54. The third-order valence-electron chi connectivity index (χ3n) is 11.5. The molecular formula is C38H54BrN3O7. The Morgan fingerprint density at radius 3 is 2.47 bits per heavy atom. The van der Waals surface area contributed by atoms with Crippen molar-refractivity contribution in [3.05, 3.63) is 52.0 Å². The van der Waals surface area contributed by atoms with E-state index in [1.165, 1.54) is 6.42 Å². The van der Waals surface area contributed by atoms with E-state index in [0.717, 1.165) is 23.1 Å². The summed E-state index contributed by atoms with van der Waals surface area (Å²) in [6, 6.07) is 9.96. The number of carbonyl (C=O) groups is 2. The Kier molecular flexibility index (Phi) is 11.8. The summed E-state index contributed by atoms with van der Waals surface area (Å²) in [6.45, 7) is 12.3. The summed E-state index contributed by atoms with van der Waals surface area (Å²) in [5.74, 6) is 1.17. The van der Waals surface area contributed by atoms with Crippen molar-refractivity contribution in [2.24, 2.45) is 35.0 Å². The molecule has 4 aliphatic rings. The molecule has 1 heterocycles. The highest BCUT2D eigenvalue weighted by Gasteiger charge is 2.57. The molecule has 9 atom stereocenters. The molecule has 3 aliphatic carbocycles. The number of benzene rings is 2. The van der Waals surface area contributed by atoms with Crippen LogP contribution in [0.15, 0.2) is 40.9 Å². The first-order chi connectivity index (χ1) is 23.2. The van der Waals surface area contributed by atoms with Gasteiger partial charge in [0.2, 0.25) is 5.91 Å². The van der Waals surface area contributed by atoms with E-state index < -0.39 is 24.2 Å². The molecule has 11 heteroatoms. The van der Waals surface area contributed by atoms with Gasteiger partial charge in [0, 0.05) is 33.1 Å². The number of hydrogen-bond donors (Lipinski definition) is 5. The van der Waals surface area contributed by atoms with E-state index in [1.54, 1.807) is 31.2 Å². The zero-order valence-corrected chi connectivity index (χ0v) is 31.4. The molecule has 2 aromatic carbocycles. The van der Waals surface area contributed by atoms with E-state index in [0.29, 0.717) is 45.9 Å². The number of hydroxylamine groups is 2. The third kappa shape index (κ3) is 7.72.